The quantitative estimate of drug-likeness (QED) is 0.768. The predicted molar refractivity (Wildman–Crippen MR) is 61.8 cm³/mol. The van der Waals surface area contributed by atoms with Crippen LogP contribution in [0.3, 0.4) is 0 Å². The summed E-state index contributed by atoms with van der Waals surface area (Å²) in [5.41, 5.74) is 6.30. The monoisotopic (exact) mass is 212 g/mol. The number of hydrogen-bond acceptors (Lipinski definition) is 3. The summed E-state index contributed by atoms with van der Waals surface area (Å²) in [6.07, 6.45) is 6.67. The molecule has 0 aromatic carbocycles. The van der Waals surface area contributed by atoms with Crippen molar-refractivity contribution in [2.24, 2.45) is 5.73 Å². The highest BCUT2D eigenvalue weighted by molar-refractivity contribution is 5.02. The fraction of sp³-hybridized carbons (Fsp3) is 1.00. The second-order valence-electron chi connectivity index (χ2n) is 5.30. The van der Waals surface area contributed by atoms with Gasteiger partial charge in [-0.15, -0.1) is 0 Å². The van der Waals surface area contributed by atoms with E-state index in [9.17, 15) is 0 Å². The van der Waals surface area contributed by atoms with Crippen LogP contribution < -0.4 is 5.73 Å². The molecular formula is C12H24N2O. The molecule has 15 heavy (non-hydrogen) atoms. The summed E-state index contributed by atoms with van der Waals surface area (Å²) in [5.74, 6) is 0. The Morgan fingerprint density at radius 2 is 2.13 bits per heavy atom. The van der Waals surface area contributed by atoms with Gasteiger partial charge >= 0.3 is 0 Å². The first-order valence-corrected chi connectivity index (χ1v) is 6.22. The molecule has 1 heterocycles. The molecule has 2 unspecified atom stereocenters. The average molecular weight is 212 g/mol. The zero-order valence-electron chi connectivity index (χ0n) is 10.0. The predicted octanol–water partition coefficient (Wildman–Crippen LogP) is 1.37. The molecule has 1 saturated heterocycles. The van der Waals surface area contributed by atoms with Crippen LogP contribution in [0.15, 0.2) is 0 Å². The smallest absolute Gasteiger partial charge is 0.0586 e. The summed E-state index contributed by atoms with van der Waals surface area (Å²) in [5, 5.41) is 0. The van der Waals surface area contributed by atoms with E-state index in [1.807, 2.05) is 7.11 Å². The normalized spacial score (nSPS) is 36.2. The van der Waals surface area contributed by atoms with Crippen LogP contribution in [-0.2, 0) is 4.74 Å². The number of ether oxygens (including phenoxy) is 1. The molecule has 2 atom stereocenters. The van der Waals surface area contributed by atoms with Gasteiger partial charge in [0.15, 0.2) is 0 Å². The summed E-state index contributed by atoms with van der Waals surface area (Å²) in [4.78, 5) is 2.55. The standard InChI is InChI=1S/C12H24N2O/c1-3-12(13)8-14(9-12)10-5-4-6-11(7-10)15-2/h10-11H,3-9,13H2,1-2H3. The molecule has 88 valence electrons. The van der Waals surface area contributed by atoms with Crippen molar-refractivity contribution in [3.63, 3.8) is 0 Å². The number of nitrogens with zero attached hydrogens (tertiary/aromatic N) is 1. The summed E-state index contributed by atoms with van der Waals surface area (Å²) < 4.78 is 5.46. The van der Waals surface area contributed by atoms with Gasteiger partial charge in [-0.2, -0.15) is 0 Å². The Hall–Kier alpha value is -0.120. The number of methoxy groups -OCH3 is 1. The van der Waals surface area contributed by atoms with E-state index in [0.717, 1.165) is 25.6 Å². The molecule has 0 aromatic rings. The number of likely N-dealkylation sites (tertiary alicyclic amines) is 1. The highest BCUT2D eigenvalue weighted by atomic mass is 16.5. The van der Waals surface area contributed by atoms with Gasteiger partial charge in [-0.3, -0.25) is 4.90 Å². The number of rotatable bonds is 3. The van der Waals surface area contributed by atoms with Gasteiger partial charge < -0.3 is 10.5 Å². The SMILES string of the molecule is CCC1(N)CN(C2CCCC(OC)C2)C1. The molecule has 0 spiro atoms. The Morgan fingerprint density at radius 1 is 1.40 bits per heavy atom. The minimum Gasteiger partial charge on any atom is -0.381 e. The highest BCUT2D eigenvalue weighted by Gasteiger charge is 2.42. The maximum Gasteiger partial charge on any atom is 0.0586 e. The molecule has 0 bridgehead atoms. The van der Waals surface area contributed by atoms with Crippen LogP contribution in [0.25, 0.3) is 0 Å². The Labute approximate surface area is 93.0 Å². The van der Waals surface area contributed by atoms with Crippen LogP contribution in [0.5, 0.6) is 0 Å². The van der Waals surface area contributed by atoms with Crippen LogP contribution >= 0.6 is 0 Å². The van der Waals surface area contributed by atoms with Gasteiger partial charge in [-0.25, -0.2) is 0 Å². The topological polar surface area (TPSA) is 38.5 Å². The van der Waals surface area contributed by atoms with E-state index in [0.29, 0.717) is 6.10 Å². The zero-order valence-corrected chi connectivity index (χ0v) is 10.0. The van der Waals surface area contributed by atoms with E-state index < -0.39 is 0 Å². The maximum absolute atomic E-state index is 6.19. The lowest BCUT2D eigenvalue weighted by Gasteiger charge is -2.52. The summed E-state index contributed by atoms with van der Waals surface area (Å²) in [6, 6.07) is 0.729. The first-order chi connectivity index (χ1) is 7.17. The van der Waals surface area contributed by atoms with Crippen LogP contribution in [0, 0.1) is 0 Å². The van der Waals surface area contributed by atoms with Crippen molar-refractivity contribution < 1.29 is 4.74 Å². The van der Waals surface area contributed by atoms with Gasteiger partial charge in [-0.1, -0.05) is 6.92 Å². The molecule has 1 saturated carbocycles. The minimum atomic E-state index is 0.111. The molecule has 0 amide bonds. The molecule has 2 aliphatic rings. The van der Waals surface area contributed by atoms with Crippen molar-refractivity contribution in [3.05, 3.63) is 0 Å². The Morgan fingerprint density at radius 3 is 2.73 bits per heavy atom. The van der Waals surface area contributed by atoms with Crippen molar-refractivity contribution >= 4 is 0 Å². The van der Waals surface area contributed by atoms with E-state index in [2.05, 4.69) is 11.8 Å². The molecule has 0 aromatic heterocycles. The van der Waals surface area contributed by atoms with Gasteiger partial charge in [-0.05, 0) is 32.1 Å². The van der Waals surface area contributed by atoms with E-state index in [1.54, 1.807) is 0 Å². The lowest BCUT2D eigenvalue weighted by molar-refractivity contribution is -0.0258. The van der Waals surface area contributed by atoms with Crippen LogP contribution in [0.4, 0.5) is 0 Å². The first kappa shape index (κ1) is 11.4. The Kier molecular flexibility index (Phi) is 3.33. The van der Waals surface area contributed by atoms with Crippen molar-refractivity contribution in [2.45, 2.75) is 56.7 Å². The molecule has 1 aliphatic carbocycles. The third-order valence-corrected chi connectivity index (χ3v) is 4.19. The molecule has 3 nitrogen and oxygen atoms in total. The van der Waals surface area contributed by atoms with E-state index in [1.165, 1.54) is 25.7 Å². The van der Waals surface area contributed by atoms with E-state index in [4.69, 9.17) is 10.5 Å². The van der Waals surface area contributed by atoms with Gasteiger partial charge in [0, 0.05) is 31.8 Å². The molecule has 0 radical (unpaired) electrons. The lowest BCUT2D eigenvalue weighted by atomic mass is 9.82. The van der Waals surface area contributed by atoms with E-state index in [-0.39, 0.29) is 5.54 Å². The summed E-state index contributed by atoms with van der Waals surface area (Å²) in [7, 11) is 1.84. The third-order valence-electron chi connectivity index (χ3n) is 4.19. The second-order valence-corrected chi connectivity index (χ2v) is 5.30. The maximum atomic E-state index is 6.19. The lowest BCUT2D eigenvalue weighted by Crippen LogP contribution is -2.69. The van der Waals surface area contributed by atoms with Crippen molar-refractivity contribution in [3.8, 4) is 0 Å². The zero-order chi connectivity index (χ0) is 10.9. The van der Waals surface area contributed by atoms with Crippen LogP contribution in [0.2, 0.25) is 0 Å². The van der Waals surface area contributed by atoms with Crippen LogP contribution in [0.1, 0.15) is 39.0 Å². The van der Waals surface area contributed by atoms with Crippen molar-refractivity contribution in [1.82, 2.24) is 4.90 Å². The van der Waals surface area contributed by atoms with Crippen molar-refractivity contribution in [1.29, 1.82) is 0 Å². The van der Waals surface area contributed by atoms with Crippen molar-refractivity contribution in [2.75, 3.05) is 20.2 Å². The Bertz CT molecular complexity index is 214. The fourth-order valence-electron chi connectivity index (χ4n) is 2.91. The summed E-state index contributed by atoms with van der Waals surface area (Å²) in [6.45, 7) is 4.37. The van der Waals surface area contributed by atoms with E-state index >= 15 is 0 Å². The minimum absolute atomic E-state index is 0.111. The molecule has 1 aliphatic heterocycles. The van der Waals surface area contributed by atoms with Gasteiger partial charge in [0.2, 0.25) is 0 Å². The van der Waals surface area contributed by atoms with Crippen LogP contribution in [-0.4, -0.2) is 42.8 Å². The van der Waals surface area contributed by atoms with Gasteiger partial charge in [0.05, 0.1) is 6.10 Å². The molecular weight excluding hydrogens is 188 g/mol. The number of nitrogens with two attached hydrogens (primary N) is 1. The fourth-order valence-corrected chi connectivity index (χ4v) is 2.91. The third kappa shape index (κ3) is 2.35. The molecule has 3 heteroatoms. The molecule has 2 rings (SSSR count). The molecule has 2 N–H and O–H groups in total. The highest BCUT2D eigenvalue weighted by Crippen LogP contribution is 2.31. The Balaban J connectivity index is 1.81. The second kappa shape index (κ2) is 4.40. The largest absolute Gasteiger partial charge is 0.381 e. The average Bonchev–Trinajstić information content (AvgIpc) is 2.25. The molecule has 2 fully saturated rings. The van der Waals surface area contributed by atoms with Gasteiger partial charge in [0.25, 0.3) is 0 Å². The van der Waals surface area contributed by atoms with Gasteiger partial charge in [0.1, 0.15) is 0 Å². The first-order valence-electron chi connectivity index (χ1n) is 6.22. The summed E-state index contributed by atoms with van der Waals surface area (Å²) >= 11 is 0. The number of hydrogen-bond donors (Lipinski definition) is 1.